The number of unbranched alkanes of at least 4 members (excludes halogenated alkanes) is 13. The summed E-state index contributed by atoms with van der Waals surface area (Å²) in [4.78, 5) is 12.2. The van der Waals surface area contributed by atoms with Crippen LogP contribution < -0.4 is 5.32 Å². The molecule has 0 aliphatic carbocycles. The Morgan fingerprint density at radius 3 is 1.85 bits per heavy atom. The molecule has 0 aliphatic rings. The van der Waals surface area contributed by atoms with Crippen LogP contribution in [0.4, 0.5) is 0 Å². The van der Waals surface area contributed by atoms with Crippen LogP contribution in [0.1, 0.15) is 123 Å². The van der Waals surface area contributed by atoms with Gasteiger partial charge in [0.1, 0.15) is 0 Å². The van der Waals surface area contributed by atoms with Gasteiger partial charge in [-0.15, -0.1) is 0 Å². The van der Waals surface area contributed by atoms with Crippen LogP contribution in [0.25, 0.3) is 0 Å². The normalized spacial score (nSPS) is 14.1. The minimum absolute atomic E-state index is 0.287. The lowest BCUT2D eigenvalue weighted by molar-refractivity contribution is -0.122. The van der Waals surface area contributed by atoms with Crippen molar-refractivity contribution in [3.63, 3.8) is 0 Å². The monoisotopic (exact) mass is 501 g/mol. The summed E-state index contributed by atoms with van der Waals surface area (Å²) in [6.07, 6.45) is 24.7. The molecule has 7 heteroatoms. The number of nitrogens with one attached hydrogen (secondary N) is 1. The minimum Gasteiger partial charge on any atom is -0.387 e. The fourth-order valence-corrected chi connectivity index (χ4v) is 4.55. The highest BCUT2D eigenvalue weighted by Crippen LogP contribution is 2.10. The van der Waals surface area contributed by atoms with Crippen LogP contribution in [0.2, 0.25) is 0 Å². The van der Waals surface area contributed by atoms with Crippen molar-refractivity contribution < 1.29 is 22.9 Å². The molecule has 1 amide bonds. The van der Waals surface area contributed by atoms with Crippen LogP contribution in [0.15, 0.2) is 24.3 Å². The lowest BCUT2D eigenvalue weighted by Gasteiger charge is -2.21. The maximum atomic E-state index is 12.2. The van der Waals surface area contributed by atoms with Crippen molar-refractivity contribution in [2.45, 2.75) is 135 Å². The summed E-state index contributed by atoms with van der Waals surface area (Å²) < 4.78 is 31.9. The van der Waals surface area contributed by atoms with E-state index in [2.05, 4.69) is 31.3 Å². The number of allylic oxidation sites excluding steroid dienone is 3. The molecule has 0 heterocycles. The highest BCUT2D eigenvalue weighted by Gasteiger charge is 2.24. The van der Waals surface area contributed by atoms with Crippen LogP contribution in [-0.4, -0.2) is 41.9 Å². The Kier molecular flexibility index (Phi) is 21.5. The molecule has 6 nitrogen and oxygen atoms in total. The molecule has 0 saturated heterocycles. The van der Waals surface area contributed by atoms with Crippen molar-refractivity contribution in [1.82, 2.24) is 5.32 Å². The van der Waals surface area contributed by atoms with Crippen molar-refractivity contribution in [1.29, 1.82) is 0 Å². The topological polar surface area (TPSA) is 104 Å². The van der Waals surface area contributed by atoms with Gasteiger partial charge in [-0.05, 0) is 32.1 Å². The SMILES string of the molecule is CCCCCCCC/C=C/CC/C=C/C(O)C(CS(=O)(=O)O)NC(=O)CCCCCCCCC. The van der Waals surface area contributed by atoms with Gasteiger partial charge in [0, 0.05) is 6.42 Å². The Morgan fingerprint density at radius 1 is 0.765 bits per heavy atom. The molecule has 2 unspecified atom stereocenters. The molecular weight excluding hydrogens is 450 g/mol. The Labute approximate surface area is 209 Å². The first kappa shape index (κ1) is 32.8. The molecule has 3 N–H and O–H groups in total. The Hall–Kier alpha value is -1.18. The molecule has 0 rings (SSSR count). The fourth-order valence-electron chi connectivity index (χ4n) is 3.81. The molecule has 0 bridgehead atoms. The first-order chi connectivity index (χ1) is 16.3. The summed E-state index contributed by atoms with van der Waals surface area (Å²) >= 11 is 0. The smallest absolute Gasteiger partial charge is 0.267 e. The Bertz CT molecular complexity index is 645. The van der Waals surface area contributed by atoms with Crippen LogP contribution in [0.5, 0.6) is 0 Å². The minimum atomic E-state index is -4.33. The number of rotatable bonds is 23. The molecule has 0 aromatic rings. The molecule has 34 heavy (non-hydrogen) atoms. The van der Waals surface area contributed by atoms with Crippen molar-refractivity contribution >= 4 is 16.0 Å². The van der Waals surface area contributed by atoms with Gasteiger partial charge in [-0.1, -0.05) is 109 Å². The van der Waals surface area contributed by atoms with Crippen molar-refractivity contribution in [3.8, 4) is 0 Å². The average molecular weight is 502 g/mol. The summed E-state index contributed by atoms with van der Waals surface area (Å²) in [6, 6.07) is -1.06. The van der Waals surface area contributed by atoms with E-state index in [4.69, 9.17) is 0 Å². The summed E-state index contributed by atoms with van der Waals surface area (Å²) in [7, 11) is -4.33. The lowest BCUT2D eigenvalue weighted by atomic mass is 10.1. The van der Waals surface area contributed by atoms with E-state index < -0.39 is 28.0 Å². The van der Waals surface area contributed by atoms with Gasteiger partial charge in [0.05, 0.1) is 17.9 Å². The predicted octanol–water partition coefficient (Wildman–Crippen LogP) is 6.50. The highest BCUT2D eigenvalue weighted by atomic mass is 32.2. The van der Waals surface area contributed by atoms with E-state index in [-0.39, 0.29) is 12.3 Å². The largest absolute Gasteiger partial charge is 0.387 e. The van der Waals surface area contributed by atoms with Gasteiger partial charge in [-0.3, -0.25) is 9.35 Å². The van der Waals surface area contributed by atoms with Crippen molar-refractivity contribution in [2.75, 3.05) is 5.75 Å². The number of aliphatic hydroxyl groups excluding tert-OH is 1. The molecule has 2 atom stereocenters. The Morgan fingerprint density at radius 2 is 1.26 bits per heavy atom. The molecule has 0 fully saturated rings. The zero-order chi connectivity index (χ0) is 25.5. The van der Waals surface area contributed by atoms with E-state index in [9.17, 15) is 22.9 Å². The third-order valence-electron chi connectivity index (χ3n) is 5.88. The molecular formula is C27H51NO5S. The van der Waals surface area contributed by atoms with Gasteiger partial charge >= 0.3 is 0 Å². The molecule has 0 saturated carbocycles. The van der Waals surface area contributed by atoms with E-state index in [1.807, 2.05) is 0 Å². The second-order valence-corrected chi connectivity index (χ2v) is 10.8. The number of hydrogen-bond acceptors (Lipinski definition) is 4. The molecule has 0 aliphatic heterocycles. The predicted molar refractivity (Wildman–Crippen MR) is 142 cm³/mol. The quantitative estimate of drug-likeness (QED) is 0.0842. The first-order valence-corrected chi connectivity index (χ1v) is 15.1. The zero-order valence-electron chi connectivity index (χ0n) is 21.7. The second-order valence-electron chi connectivity index (χ2n) is 9.32. The first-order valence-electron chi connectivity index (χ1n) is 13.5. The Balaban J connectivity index is 4.25. The fraction of sp³-hybridized carbons (Fsp3) is 0.815. The van der Waals surface area contributed by atoms with Gasteiger partial charge in [-0.2, -0.15) is 8.42 Å². The van der Waals surface area contributed by atoms with E-state index in [1.165, 1.54) is 70.3 Å². The van der Waals surface area contributed by atoms with Gasteiger partial charge in [0.2, 0.25) is 5.91 Å². The van der Waals surface area contributed by atoms with Crippen molar-refractivity contribution in [3.05, 3.63) is 24.3 Å². The third-order valence-corrected chi connectivity index (χ3v) is 6.66. The van der Waals surface area contributed by atoms with Crippen LogP contribution >= 0.6 is 0 Å². The summed E-state index contributed by atoms with van der Waals surface area (Å²) in [6.45, 7) is 4.39. The lowest BCUT2D eigenvalue weighted by Crippen LogP contribution is -2.46. The van der Waals surface area contributed by atoms with E-state index >= 15 is 0 Å². The summed E-state index contributed by atoms with van der Waals surface area (Å²) in [5, 5.41) is 13.0. The summed E-state index contributed by atoms with van der Waals surface area (Å²) in [5.74, 6) is -1.01. The number of amides is 1. The van der Waals surface area contributed by atoms with E-state index in [0.717, 1.165) is 32.1 Å². The van der Waals surface area contributed by atoms with Gasteiger partial charge in [0.25, 0.3) is 10.1 Å². The second kappa shape index (κ2) is 22.3. The zero-order valence-corrected chi connectivity index (χ0v) is 22.5. The standard InChI is InChI=1S/C27H51NO5S/c1-3-5-7-9-11-12-13-14-15-17-18-20-22-26(29)25(24-34(31,32)33)28-27(30)23-21-19-16-10-8-6-4-2/h14-15,20,22,25-26,29H,3-13,16-19,21,23-24H2,1-2H3,(H,28,30)(H,31,32,33)/b15-14+,22-20+. The molecule has 0 spiro atoms. The summed E-state index contributed by atoms with van der Waals surface area (Å²) in [5.41, 5.74) is 0. The molecule has 0 aromatic heterocycles. The number of carbonyl (C=O) groups excluding carboxylic acids is 1. The van der Waals surface area contributed by atoms with Gasteiger partial charge in [-0.25, -0.2) is 0 Å². The molecule has 0 radical (unpaired) electrons. The van der Waals surface area contributed by atoms with Crippen LogP contribution in [0, 0.1) is 0 Å². The van der Waals surface area contributed by atoms with Gasteiger partial charge in [0.15, 0.2) is 0 Å². The number of hydrogen-bond donors (Lipinski definition) is 3. The van der Waals surface area contributed by atoms with Crippen LogP contribution in [-0.2, 0) is 14.9 Å². The van der Waals surface area contributed by atoms with E-state index in [1.54, 1.807) is 6.08 Å². The van der Waals surface area contributed by atoms with Gasteiger partial charge < -0.3 is 10.4 Å². The third kappa shape index (κ3) is 22.6. The van der Waals surface area contributed by atoms with E-state index in [0.29, 0.717) is 6.42 Å². The van der Waals surface area contributed by atoms with Crippen LogP contribution in [0.3, 0.4) is 0 Å². The highest BCUT2D eigenvalue weighted by molar-refractivity contribution is 7.85. The molecule has 200 valence electrons. The average Bonchev–Trinajstić information content (AvgIpc) is 2.77. The number of aliphatic hydroxyl groups is 1. The van der Waals surface area contributed by atoms with Crippen molar-refractivity contribution in [2.24, 2.45) is 0 Å². The maximum Gasteiger partial charge on any atom is 0.267 e. The number of carbonyl (C=O) groups is 1. The molecule has 0 aromatic carbocycles. The maximum absolute atomic E-state index is 12.2.